The number of aromatic nitrogens is 4. The van der Waals surface area contributed by atoms with Crippen molar-refractivity contribution in [2.45, 2.75) is 19.3 Å². The van der Waals surface area contributed by atoms with Crippen molar-refractivity contribution in [1.82, 2.24) is 19.5 Å². The number of carboxylic acid groups (broad SMARTS) is 1. The number of carbonyl (C=O) groups is 1. The van der Waals surface area contributed by atoms with E-state index in [1.54, 1.807) is 18.7 Å². The summed E-state index contributed by atoms with van der Waals surface area (Å²) in [4.78, 5) is 23.9. The van der Waals surface area contributed by atoms with E-state index >= 15 is 0 Å². The fraction of sp³-hybridized carbons (Fsp3) is 0.385. The van der Waals surface area contributed by atoms with Crippen molar-refractivity contribution in [3.8, 4) is 11.5 Å². The van der Waals surface area contributed by atoms with E-state index in [4.69, 9.17) is 5.11 Å². The third-order valence-corrected chi connectivity index (χ3v) is 3.55. The van der Waals surface area contributed by atoms with Crippen LogP contribution in [0.4, 0.5) is 0 Å². The number of aryl methyl sites for hydroxylation is 2. The van der Waals surface area contributed by atoms with Crippen LogP contribution < -0.4 is 0 Å². The topological polar surface area (TPSA) is 80.9 Å². The SMILES string of the molecule is Cn1cncc1-c1ncc2c(n1)CCC(C(=O)O)C2. The van der Waals surface area contributed by atoms with Gasteiger partial charge in [-0.3, -0.25) is 4.79 Å². The van der Waals surface area contributed by atoms with Gasteiger partial charge in [-0.2, -0.15) is 0 Å². The van der Waals surface area contributed by atoms with Gasteiger partial charge in [-0.25, -0.2) is 15.0 Å². The van der Waals surface area contributed by atoms with Gasteiger partial charge in [-0.1, -0.05) is 0 Å². The van der Waals surface area contributed by atoms with Crippen LogP contribution in [0.25, 0.3) is 11.5 Å². The maximum Gasteiger partial charge on any atom is 0.306 e. The number of carboxylic acids is 1. The highest BCUT2D eigenvalue weighted by Gasteiger charge is 2.25. The van der Waals surface area contributed by atoms with Gasteiger partial charge >= 0.3 is 5.97 Å². The number of aliphatic carboxylic acids is 1. The summed E-state index contributed by atoms with van der Waals surface area (Å²) in [5.41, 5.74) is 2.77. The van der Waals surface area contributed by atoms with Crippen LogP contribution >= 0.6 is 0 Å². The van der Waals surface area contributed by atoms with Crippen LogP contribution in [-0.4, -0.2) is 30.6 Å². The Kier molecular flexibility index (Phi) is 2.77. The molecule has 1 atom stereocenters. The number of hydrogen-bond donors (Lipinski definition) is 1. The molecule has 1 N–H and O–H groups in total. The van der Waals surface area contributed by atoms with Gasteiger partial charge in [-0.05, 0) is 24.8 Å². The number of imidazole rings is 1. The molecule has 1 unspecified atom stereocenters. The molecule has 2 heterocycles. The van der Waals surface area contributed by atoms with E-state index in [2.05, 4.69) is 15.0 Å². The Hall–Kier alpha value is -2.24. The molecular formula is C13H14N4O2. The van der Waals surface area contributed by atoms with E-state index in [-0.39, 0.29) is 5.92 Å². The molecule has 0 amide bonds. The third-order valence-electron chi connectivity index (χ3n) is 3.55. The van der Waals surface area contributed by atoms with Gasteiger partial charge in [0.2, 0.25) is 0 Å². The van der Waals surface area contributed by atoms with Crippen molar-refractivity contribution in [1.29, 1.82) is 0 Å². The fourth-order valence-electron chi connectivity index (χ4n) is 2.41. The molecule has 98 valence electrons. The zero-order valence-corrected chi connectivity index (χ0v) is 10.6. The van der Waals surface area contributed by atoms with Gasteiger partial charge in [0.05, 0.1) is 18.4 Å². The molecule has 6 nitrogen and oxygen atoms in total. The molecule has 0 saturated heterocycles. The highest BCUT2D eigenvalue weighted by molar-refractivity contribution is 5.71. The second kappa shape index (κ2) is 4.46. The summed E-state index contributed by atoms with van der Waals surface area (Å²) in [6.45, 7) is 0. The predicted octanol–water partition coefficient (Wildman–Crippen LogP) is 1.07. The van der Waals surface area contributed by atoms with Crippen molar-refractivity contribution < 1.29 is 9.90 Å². The minimum Gasteiger partial charge on any atom is -0.481 e. The Morgan fingerprint density at radius 3 is 3.00 bits per heavy atom. The number of rotatable bonds is 2. The van der Waals surface area contributed by atoms with Crippen LogP contribution in [0.5, 0.6) is 0 Å². The van der Waals surface area contributed by atoms with Crippen LogP contribution in [0.1, 0.15) is 17.7 Å². The second-order valence-electron chi connectivity index (χ2n) is 4.83. The minimum absolute atomic E-state index is 0.307. The van der Waals surface area contributed by atoms with Crippen LogP contribution in [0.15, 0.2) is 18.7 Å². The molecule has 0 aromatic carbocycles. The van der Waals surface area contributed by atoms with Crippen LogP contribution in [-0.2, 0) is 24.7 Å². The molecule has 2 aromatic heterocycles. The predicted molar refractivity (Wildman–Crippen MR) is 67.4 cm³/mol. The number of fused-ring (bicyclic) bond motifs is 1. The maximum absolute atomic E-state index is 11.0. The molecule has 0 spiro atoms. The van der Waals surface area contributed by atoms with Gasteiger partial charge in [0, 0.05) is 18.9 Å². The smallest absolute Gasteiger partial charge is 0.306 e. The molecule has 0 saturated carbocycles. The zero-order valence-electron chi connectivity index (χ0n) is 10.6. The zero-order chi connectivity index (χ0) is 13.4. The van der Waals surface area contributed by atoms with Crippen LogP contribution in [0, 0.1) is 5.92 Å². The Morgan fingerprint density at radius 2 is 2.32 bits per heavy atom. The second-order valence-corrected chi connectivity index (χ2v) is 4.83. The lowest BCUT2D eigenvalue weighted by molar-refractivity contribution is -0.142. The van der Waals surface area contributed by atoms with E-state index < -0.39 is 5.97 Å². The average molecular weight is 258 g/mol. The van der Waals surface area contributed by atoms with Crippen LogP contribution in [0.2, 0.25) is 0 Å². The summed E-state index contributed by atoms with van der Waals surface area (Å²) in [7, 11) is 1.89. The Balaban J connectivity index is 1.94. The van der Waals surface area contributed by atoms with Crippen molar-refractivity contribution in [2.24, 2.45) is 13.0 Å². The molecule has 0 radical (unpaired) electrons. The molecule has 2 aromatic rings. The molecule has 6 heteroatoms. The van der Waals surface area contributed by atoms with Gasteiger partial charge in [0.15, 0.2) is 5.82 Å². The van der Waals surface area contributed by atoms with E-state index in [0.717, 1.165) is 17.0 Å². The summed E-state index contributed by atoms with van der Waals surface area (Å²) in [5, 5.41) is 9.05. The van der Waals surface area contributed by atoms with Gasteiger partial charge in [0.1, 0.15) is 5.69 Å². The normalized spacial score (nSPS) is 18.1. The Bertz CT molecular complexity index is 635. The largest absolute Gasteiger partial charge is 0.481 e. The quantitative estimate of drug-likeness (QED) is 0.871. The summed E-state index contributed by atoms with van der Waals surface area (Å²) in [6.07, 6.45) is 7.04. The Morgan fingerprint density at radius 1 is 1.47 bits per heavy atom. The molecule has 1 aliphatic rings. The maximum atomic E-state index is 11.0. The van der Waals surface area contributed by atoms with Gasteiger partial charge < -0.3 is 9.67 Å². The van der Waals surface area contributed by atoms with E-state index in [9.17, 15) is 4.79 Å². The molecule has 0 aliphatic heterocycles. The van der Waals surface area contributed by atoms with E-state index in [1.165, 1.54) is 0 Å². The highest BCUT2D eigenvalue weighted by Crippen LogP contribution is 2.25. The molecule has 0 fully saturated rings. The van der Waals surface area contributed by atoms with Gasteiger partial charge in [-0.15, -0.1) is 0 Å². The van der Waals surface area contributed by atoms with E-state index in [0.29, 0.717) is 25.1 Å². The molecule has 1 aliphatic carbocycles. The average Bonchev–Trinajstić information content (AvgIpc) is 2.83. The first-order valence-corrected chi connectivity index (χ1v) is 6.19. The van der Waals surface area contributed by atoms with Crippen molar-refractivity contribution in [3.63, 3.8) is 0 Å². The summed E-state index contributed by atoms with van der Waals surface area (Å²) >= 11 is 0. The monoisotopic (exact) mass is 258 g/mol. The molecule has 19 heavy (non-hydrogen) atoms. The standard InChI is InChI=1S/C13H14N4O2/c1-17-7-14-6-11(17)12-15-5-9-4-8(13(18)19)2-3-10(9)16-12/h5-8H,2-4H2,1H3,(H,18,19). The summed E-state index contributed by atoms with van der Waals surface area (Å²) in [5.74, 6) is -0.396. The van der Waals surface area contributed by atoms with Crippen LogP contribution in [0.3, 0.4) is 0 Å². The van der Waals surface area contributed by atoms with E-state index in [1.807, 2.05) is 11.6 Å². The molecule has 0 bridgehead atoms. The fourth-order valence-corrected chi connectivity index (χ4v) is 2.41. The Labute approximate surface area is 110 Å². The number of hydrogen-bond acceptors (Lipinski definition) is 4. The lowest BCUT2D eigenvalue weighted by atomic mass is 9.87. The first-order valence-electron chi connectivity index (χ1n) is 6.19. The van der Waals surface area contributed by atoms with Crippen molar-refractivity contribution in [3.05, 3.63) is 30.0 Å². The van der Waals surface area contributed by atoms with Crippen molar-refractivity contribution in [2.75, 3.05) is 0 Å². The molecular weight excluding hydrogens is 244 g/mol. The highest BCUT2D eigenvalue weighted by atomic mass is 16.4. The lowest BCUT2D eigenvalue weighted by Crippen LogP contribution is -2.23. The number of nitrogens with zero attached hydrogens (tertiary/aromatic N) is 4. The minimum atomic E-state index is -0.735. The first-order chi connectivity index (χ1) is 9.15. The lowest BCUT2D eigenvalue weighted by Gasteiger charge is -2.20. The van der Waals surface area contributed by atoms with Gasteiger partial charge in [0.25, 0.3) is 0 Å². The summed E-state index contributed by atoms with van der Waals surface area (Å²) < 4.78 is 1.87. The third kappa shape index (κ3) is 2.09. The summed E-state index contributed by atoms with van der Waals surface area (Å²) in [6, 6.07) is 0. The van der Waals surface area contributed by atoms with Crippen molar-refractivity contribution >= 4 is 5.97 Å². The molecule has 3 rings (SSSR count). The first kappa shape index (κ1) is 11.8.